The van der Waals surface area contributed by atoms with Gasteiger partial charge in [-0.05, 0) is 49.4 Å². The summed E-state index contributed by atoms with van der Waals surface area (Å²) in [5, 5.41) is 12.2. The highest BCUT2D eigenvalue weighted by Gasteiger charge is 2.27. The SMILES string of the molecule is Cc1ccc(S(=O)(=O)N(CC(=O)Nc2nnc(-c3ccc(Cl)cc3)s2)c2cccc(Br)c2)cc1. The van der Waals surface area contributed by atoms with Crippen molar-refractivity contribution < 1.29 is 13.2 Å². The van der Waals surface area contributed by atoms with E-state index in [1.807, 2.05) is 6.92 Å². The quantitative estimate of drug-likeness (QED) is 0.301. The molecule has 0 radical (unpaired) electrons. The minimum absolute atomic E-state index is 0.0896. The lowest BCUT2D eigenvalue weighted by Gasteiger charge is -2.24. The second-order valence-electron chi connectivity index (χ2n) is 7.27. The van der Waals surface area contributed by atoms with E-state index in [2.05, 4.69) is 31.4 Å². The van der Waals surface area contributed by atoms with E-state index < -0.39 is 22.5 Å². The molecular formula is C23H18BrClN4O3S2. The fourth-order valence-corrected chi connectivity index (χ4v) is 5.75. The maximum atomic E-state index is 13.5. The highest BCUT2D eigenvalue weighted by atomic mass is 79.9. The highest BCUT2D eigenvalue weighted by molar-refractivity contribution is 9.10. The summed E-state index contributed by atoms with van der Waals surface area (Å²) in [6.07, 6.45) is 0. The Morgan fingerprint density at radius 3 is 2.44 bits per heavy atom. The number of rotatable bonds is 7. The number of carbonyl (C=O) groups is 1. The lowest BCUT2D eigenvalue weighted by Crippen LogP contribution is -2.38. The van der Waals surface area contributed by atoms with E-state index in [1.165, 1.54) is 23.5 Å². The summed E-state index contributed by atoms with van der Waals surface area (Å²) in [7, 11) is -4.01. The third kappa shape index (κ3) is 5.64. The summed E-state index contributed by atoms with van der Waals surface area (Å²) in [4.78, 5) is 13.0. The molecule has 0 aliphatic heterocycles. The van der Waals surface area contributed by atoms with Gasteiger partial charge in [0.25, 0.3) is 10.0 Å². The number of sulfonamides is 1. The number of aryl methyl sites for hydroxylation is 1. The average molecular weight is 578 g/mol. The van der Waals surface area contributed by atoms with Crippen LogP contribution in [0.25, 0.3) is 10.6 Å². The summed E-state index contributed by atoms with van der Waals surface area (Å²) in [6.45, 7) is 1.43. The number of nitrogens with zero attached hydrogens (tertiary/aromatic N) is 3. The van der Waals surface area contributed by atoms with Crippen LogP contribution in [0.2, 0.25) is 5.02 Å². The fraction of sp³-hybridized carbons (Fsp3) is 0.0870. The first-order valence-electron chi connectivity index (χ1n) is 9.97. The monoisotopic (exact) mass is 576 g/mol. The highest BCUT2D eigenvalue weighted by Crippen LogP contribution is 2.29. The molecule has 0 fully saturated rings. The van der Waals surface area contributed by atoms with Gasteiger partial charge in [-0.2, -0.15) is 0 Å². The molecule has 0 spiro atoms. The second kappa shape index (κ2) is 10.2. The Balaban J connectivity index is 1.59. The Morgan fingerprint density at radius 1 is 1.06 bits per heavy atom. The minimum atomic E-state index is -4.01. The zero-order valence-electron chi connectivity index (χ0n) is 17.8. The van der Waals surface area contributed by atoms with Crippen LogP contribution in [-0.4, -0.2) is 31.1 Å². The number of halogens is 2. The van der Waals surface area contributed by atoms with Gasteiger partial charge in [0.2, 0.25) is 11.0 Å². The molecule has 1 aromatic heterocycles. The van der Waals surface area contributed by atoms with Gasteiger partial charge in [0.15, 0.2) is 0 Å². The fourth-order valence-electron chi connectivity index (χ4n) is 3.06. The predicted octanol–water partition coefficient (Wildman–Crippen LogP) is 5.76. The summed E-state index contributed by atoms with van der Waals surface area (Å²) >= 11 is 10.5. The van der Waals surface area contributed by atoms with Crippen molar-refractivity contribution in [1.29, 1.82) is 0 Å². The number of hydrogen-bond donors (Lipinski definition) is 1. The maximum Gasteiger partial charge on any atom is 0.264 e. The van der Waals surface area contributed by atoms with E-state index in [9.17, 15) is 13.2 Å². The zero-order valence-corrected chi connectivity index (χ0v) is 21.7. The van der Waals surface area contributed by atoms with Crippen molar-refractivity contribution in [3.8, 4) is 10.6 Å². The molecule has 0 bridgehead atoms. The van der Waals surface area contributed by atoms with Gasteiger partial charge < -0.3 is 0 Å². The Bertz CT molecular complexity index is 1430. The van der Waals surface area contributed by atoms with E-state index in [4.69, 9.17) is 11.6 Å². The topological polar surface area (TPSA) is 92.3 Å². The van der Waals surface area contributed by atoms with E-state index in [0.717, 1.165) is 15.4 Å². The number of carbonyl (C=O) groups excluding carboxylic acids is 1. The normalized spacial score (nSPS) is 11.3. The van der Waals surface area contributed by atoms with Crippen molar-refractivity contribution in [3.05, 3.63) is 87.9 Å². The number of benzene rings is 3. The molecule has 4 rings (SSSR count). The van der Waals surface area contributed by atoms with E-state index in [1.54, 1.807) is 60.7 Å². The molecule has 0 unspecified atom stereocenters. The largest absolute Gasteiger partial charge is 0.299 e. The molecule has 0 aliphatic rings. The molecule has 0 saturated heterocycles. The third-order valence-electron chi connectivity index (χ3n) is 4.75. The molecule has 34 heavy (non-hydrogen) atoms. The van der Waals surface area contributed by atoms with Crippen molar-refractivity contribution in [3.63, 3.8) is 0 Å². The van der Waals surface area contributed by atoms with E-state index in [-0.39, 0.29) is 10.0 Å². The standard InChI is InChI=1S/C23H18BrClN4O3S2/c1-15-5-11-20(12-6-15)34(31,32)29(19-4-2-3-17(24)13-19)14-21(30)26-23-28-27-22(33-23)16-7-9-18(25)10-8-16/h2-13H,14H2,1H3,(H,26,28,30). The first-order chi connectivity index (χ1) is 16.2. The summed E-state index contributed by atoms with van der Waals surface area (Å²) < 4.78 is 28.7. The van der Waals surface area contributed by atoms with Crippen LogP contribution < -0.4 is 9.62 Å². The molecule has 1 N–H and O–H groups in total. The second-order valence-corrected chi connectivity index (χ2v) is 11.5. The lowest BCUT2D eigenvalue weighted by atomic mass is 10.2. The van der Waals surface area contributed by atoms with Crippen LogP contribution in [0.5, 0.6) is 0 Å². The van der Waals surface area contributed by atoms with E-state index >= 15 is 0 Å². The molecule has 3 aromatic carbocycles. The summed E-state index contributed by atoms with van der Waals surface area (Å²) in [5.41, 5.74) is 2.09. The van der Waals surface area contributed by atoms with Crippen LogP contribution in [0, 0.1) is 6.92 Å². The Morgan fingerprint density at radius 2 is 1.76 bits per heavy atom. The van der Waals surface area contributed by atoms with Crippen molar-refractivity contribution in [2.24, 2.45) is 0 Å². The molecule has 1 heterocycles. The lowest BCUT2D eigenvalue weighted by molar-refractivity contribution is -0.114. The van der Waals surface area contributed by atoms with Gasteiger partial charge in [0, 0.05) is 15.1 Å². The van der Waals surface area contributed by atoms with Crippen LogP contribution in [0.3, 0.4) is 0 Å². The molecule has 0 saturated carbocycles. The van der Waals surface area contributed by atoms with Gasteiger partial charge in [-0.3, -0.25) is 14.4 Å². The van der Waals surface area contributed by atoms with Gasteiger partial charge in [-0.15, -0.1) is 10.2 Å². The minimum Gasteiger partial charge on any atom is -0.299 e. The number of hydrogen-bond acceptors (Lipinski definition) is 6. The van der Waals surface area contributed by atoms with Crippen molar-refractivity contribution in [2.45, 2.75) is 11.8 Å². The molecule has 174 valence electrons. The molecular weight excluding hydrogens is 560 g/mol. The van der Waals surface area contributed by atoms with Crippen LogP contribution in [-0.2, 0) is 14.8 Å². The number of nitrogens with one attached hydrogen (secondary N) is 1. The maximum absolute atomic E-state index is 13.5. The van der Waals surface area contributed by atoms with Gasteiger partial charge in [-0.1, -0.05) is 74.8 Å². The van der Waals surface area contributed by atoms with Crippen molar-refractivity contribution in [1.82, 2.24) is 10.2 Å². The zero-order chi connectivity index (χ0) is 24.3. The predicted molar refractivity (Wildman–Crippen MR) is 139 cm³/mol. The van der Waals surface area contributed by atoms with Crippen LogP contribution in [0.4, 0.5) is 10.8 Å². The Labute approximate surface area is 214 Å². The molecule has 4 aromatic rings. The van der Waals surface area contributed by atoms with E-state index in [0.29, 0.717) is 20.2 Å². The summed E-state index contributed by atoms with van der Waals surface area (Å²) in [5.74, 6) is -0.547. The number of amides is 1. The molecule has 7 nitrogen and oxygen atoms in total. The molecule has 1 amide bonds. The summed E-state index contributed by atoms with van der Waals surface area (Å²) in [6, 6.07) is 20.3. The van der Waals surface area contributed by atoms with Gasteiger partial charge >= 0.3 is 0 Å². The van der Waals surface area contributed by atoms with Crippen LogP contribution in [0.1, 0.15) is 5.56 Å². The molecule has 0 atom stereocenters. The smallest absolute Gasteiger partial charge is 0.264 e. The third-order valence-corrected chi connectivity index (χ3v) is 8.18. The molecule has 0 aliphatic carbocycles. The Kier molecular flexibility index (Phi) is 7.32. The van der Waals surface area contributed by atoms with Gasteiger partial charge in [-0.25, -0.2) is 8.42 Å². The van der Waals surface area contributed by atoms with Crippen LogP contribution >= 0.6 is 38.9 Å². The first kappa shape index (κ1) is 24.3. The van der Waals surface area contributed by atoms with Crippen molar-refractivity contribution >= 4 is 65.6 Å². The van der Waals surface area contributed by atoms with Gasteiger partial charge in [0.05, 0.1) is 10.6 Å². The number of aromatic nitrogens is 2. The van der Waals surface area contributed by atoms with Gasteiger partial charge in [0.1, 0.15) is 11.6 Å². The Hall–Kier alpha value is -2.79. The van der Waals surface area contributed by atoms with Crippen LogP contribution in [0.15, 0.2) is 82.2 Å². The first-order valence-corrected chi connectivity index (χ1v) is 13.4. The number of anilines is 2. The molecule has 11 heteroatoms. The average Bonchev–Trinajstić information content (AvgIpc) is 3.26. The van der Waals surface area contributed by atoms with Crippen molar-refractivity contribution in [2.75, 3.05) is 16.2 Å².